The number of aryl methyl sites for hydroxylation is 2. The molecule has 2 heterocycles. The van der Waals surface area contributed by atoms with E-state index in [1.807, 2.05) is 6.20 Å². The highest BCUT2D eigenvalue weighted by atomic mass is 19.1. The lowest BCUT2D eigenvalue weighted by atomic mass is 10.0. The Bertz CT molecular complexity index is 1510. The van der Waals surface area contributed by atoms with Crippen LogP contribution in [0.1, 0.15) is 18.4 Å². The highest BCUT2D eigenvalue weighted by Gasteiger charge is 2.57. The zero-order valence-corrected chi connectivity index (χ0v) is 20.1. The zero-order valence-electron chi connectivity index (χ0n) is 20.1. The highest BCUT2D eigenvalue weighted by Crippen LogP contribution is 2.49. The number of benzene rings is 2. The van der Waals surface area contributed by atoms with Crippen molar-refractivity contribution in [2.24, 2.45) is 18.2 Å². The summed E-state index contributed by atoms with van der Waals surface area (Å²) in [6.07, 6.45) is 5.59. The molecule has 5 rings (SSSR count). The number of nitrogens with zero attached hydrogens (tertiary/aromatic N) is 4. The number of hydrogen-bond acceptors (Lipinski definition) is 5. The summed E-state index contributed by atoms with van der Waals surface area (Å²) in [5.41, 5.74) is 6.17. The Labute approximate surface area is 211 Å². The third kappa shape index (κ3) is 4.53. The third-order valence-electron chi connectivity index (χ3n) is 6.36. The van der Waals surface area contributed by atoms with Crippen LogP contribution >= 0.6 is 0 Å². The minimum atomic E-state index is -1.41. The van der Waals surface area contributed by atoms with Crippen LogP contribution in [0, 0.1) is 24.0 Å². The Morgan fingerprint density at radius 3 is 2.46 bits per heavy atom. The van der Waals surface area contributed by atoms with Crippen LogP contribution in [0.2, 0.25) is 0 Å². The van der Waals surface area contributed by atoms with Gasteiger partial charge in [-0.1, -0.05) is 0 Å². The molecular formula is C27H23F2N5O3. The van der Waals surface area contributed by atoms with Crippen LogP contribution in [0.3, 0.4) is 0 Å². The molecule has 2 aromatic heterocycles. The molecule has 2 N–H and O–H groups in total. The van der Waals surface area contributed by atoms with Gasteiger partial charge in [0, 0.05) is 42.8 Å². The van der Waals surface area contributed by atoms with Crippen molar-refractivity contribution in [3.8, 4) is 22.8 Å². The van der Waals surface area contributed by atoms with Crippen molar-refractivity contribution in [1.82, 2.24) is 14.8 Å². The normalized spacial score (nSPS) is 13.7. The first-order chi connectivity index (χ1) is 17.7. The minimum absolute atomic E-state index is 0.0974. The smallest absolute Gasteiger partial charge is 0.247 e. The predicted molar refractivity (Wildman–Crippen MR) is 132 cm³/mol. The average molecular weight is 504 g/mol. The molecule has 0 unspecified atom stereocenters. The molecule has 2 amide bonds. The maximum absolute atomic E-state index is 15.6. The van der Waals surface area contributed by atoms with Crippen molar-refractivity contribution in [2.45, 2.75) is 19.8 Å². The van der Waals surface area contributed by atoms with Gasteiger partial charge in [-0.05, 0) is 61.7 Å². The number of primary amides is 1. The number of carbonyl (C=O) groups is 2. The topological polar surface area (TPSA) is 103 Å². The van der Waals surface area contributed by atoms with E-state index in [0.29, 0.717) is 17.0 Å². The van der Waals surface area contributed by atoms with Crippen molar-refractivity contribution in [2.75, 3.05) is 4.90 Å². The standard InChI is InChI=1S/C27H23F2N5O3/c1-16-11-23(34(19-5-3-18(28)4-6-19)26(36)27(8-9-27)25(30)35)21(29)13-24(16)37-20-7-10-31-22(12-20)17-14-32-33(2)15-17/h3-7,10-15H,8-9H2,1-2H3,(H2,30,35). The lowest BCUT2D eigenvalue weighted by molar-refractivity contribution is -0.133. The van der Waals surface area contributed by atoms with Gasteiger partial charge >= 0.3 is 0 Å². The van der Waals surface area contributed by atoms with Crippen LogP contribution in [-0.4, -0.2) is 26.6 Å². The van der Waals surface area contributed by atoms with Gasteiger partial charge in [0.1, 0.15) is 22.7 Å². The fourth-order valence-electron chi connectivity index (χ4n) is 4.10. The molecule has 0 saturated heterocycles. The van der Waals surface area contributed by atoms with Crippen molar-refractivity contribution in [3.63, 3.8) is 0 Å². The highest BCUT2D eigenvalue weighted by molar-refractivity contribution is 6.16. The maximum Gasteiger partial charge on any atom is 0.247 e. The fraction of sp³-hybridized carbons (Fsp3) is 0.185. The second-order valence-electron chi connectivity index (χ2n) is 9.01. The van der Waals surface area contributed by atoms with Crippen LogP contribution in [0.5, 0.6) is 11.5 Å². The van der Waals surface area contributed by atoms with Crippen LogP contribution in [0.4, 0.5) is 20.2 Å². The second kappa shape index (κ2) is 9.12. The molecule has 1 fully saturated rings. The lowest BCUT2D eigenvalue weighted by Gasteiger charge is -2.27. The van der Waals surface area contributed by atoms with Crippen LogP contribution in [0.25, 0.3) is 11.3 Å². The van der Waals surface area contributed by atoms with Crippen molar-refractivity contribution >= 4 is 23.2 Å². The van der Waals surface area contributed by atoms with E-state index in [9.17, 15) is 14.0 Å². The molecule has 2 aromatic carbocycles. The number of nitrogens with two attached hydrogens (primary N) is 1. The molecule has 0 spiro atoms. The summed E-state index contributed by atoms with van der Waals surface area (Å²) in [5, 5.41) is 4.14. The van der Waals surface area contributed by atoms with Gasteiger partial charge in [-0.2, -0.15) is 5.10 Å². The van der Waals surface area contributed by atoms with E-state index in [0.717, 1.165) is 22.6 Å². The van der Waals surface area contributed by atoms with Gasteiger partial charge in [-0.3, -0.25) is 24.2 Å². The second-order valence-corrected chi connectivity index (χ2v) is 9.01. The summed E-state index contributed by atoms with van der Waals surface area (Å²) in [4.78, 5) is 31.0. The number of pyridine rings is 1. The predicted octanol–water partition coefficient (Wildman–Crippen LogP) is 4.79. The number of carbonyl (C=O) groups excluding carboxylic acids is 2. The van der Waals surface area contributed by atoms with Crippen molar-refractivity contribution in [3.05, 3.63) is 84.3 Å². The van der Waals surface area contributed by atoms with E-state index in [1.165, 1.54) is 24.3 Å². The Kier molecular flexibility index (Phi) is 5.94. The van der Waals surface area contributed by atoms with Gasteiger partial charge in [0.25, 0.3) is 0 Å². The number of rotatable bonds is 7. The Morgan fingerprint density at radius 2 is 1.84 bits per heavy atom. The first kappa shape index (κ1) is 24.1. The van der Waals surface area contributed by atoms with Crippen molar-refractivity contribution in [1.29, 1.82) is 0 Å². The minimum Gasteiger partial charge on any atom is -0.457 e. The zero-order chi connectivity index (χ0) is 26.3. The van der Waals surface area contributed by atoms with Crippen molar-refractivity contribution < 1.29 is 23.1 Å². The number of ether oxygens (including phenoxy) is 1. The molecule has 0 atom stereocenters. The first-order valence-electron chi connectivity index (χ1n) is 11.5. The van der Waals surface area contributed by atoms with E-state index in [1.54, 1.807) is 43.2 Å². The summed E-state index contributed by atoms with van der Waals surface area (Å²) in [7, 11) is 1.80. The Hall–Kier alpha value is -4.60. The molecule has 0 radical (unpaired) electrons. The van der Waals surface area contributed by atoms with Crippen LogP contribution in [-0.2, 0) is 16.6 Å². The lowest BCUT2D eigenvalue weighted by Crippen LogP contribution is -2.41. The number of aromatic nitrogens is 3. The van der Waals surface area contributed by atoms with E-state index in [2.05, 4.69) is 10.1 Å². The Morgan fingerprint density at radius 1 is 1.11 bits per heavy atom. The molecule has 0 aliphatic heterocycles. The maximum atomic E-state index is 15.6. The van der Waals surface area contributed by atoms with Crippen LogP contribution < -0.4 is 15.4 Å². The van der Waals surface area contributed by atoms with Crippen LogP contribution in [0.15, 0.2) is 67.1 Å². The van der Waals surface area contributed by atoms with Gasteiger partial charge in [0.05, 0.1) is 17.6 Å². The molecule has 1 aliphatic carbocycles. The van der Waals surface area contributed by atoms with E-state index >= 15 is 4.39 Å². The van der Waals surface area contributed by atoms with E-state index in [-0.39, 0.29) is 30.0 Å². The molecule has 1 aliphatic rings. The van der Waals surface area contributed by atoms with Gasteiger partial charge in [0.15, 0.2) is 5.82 Å². The SMILES string of the molecule is Cc1cc(N(C(=O)C2(C(N)=O)CC2)c2ccc(F)cc2)c(F)cc1Oc1ccnc(-c2cnn(C)c2)c1. The monoisotopic (exact) mass is 503 g/mol. The van der Waals surface area contributed by atoms with Gasteiger partial charge < -0.3 is 10.5 Å². The number of amides is 2. The van der Waals surface area contributed by atoms with Gasteiger partial charge in [0.2, 0.25) is 11.8 Å². The molecule has 10 heteroatoms. The summed E-state index contributed by atoms with van der Waals surface area (Å²) in [6, 6.07) is 11.0. The molecule has 0 bridgehead atoms. The fourth-order valence-corrected chi connectivity index (χ4v) is 4.10. The number of anilines is 2. The molecular weight excluding hydrogens is 480 g/mol. The largest absolute Gasteiger partial charge is 0.457 e. The molecule has 37 heavy (non-hydrogen) atoms. The first-order valence-corrected chi connectivity index (χ1v) is 11.5. The molecule has 4 aromatic rings. The quantitative estimate of drug-likeness (QED) is 0.365. The molecule has 8 nitrogen and oxygen atoms in total. The molecule has 1 saturated carbocycles. The summed E-state index contributed by atoms with van der Waals surface area (Å²) >= 11 is 0. The van der Waals surface area contributed by atoms with Gasteiger partial charge in [-0.25, -0.2) is 8.78 Å². The average Bonchev–Trinajstić information content (AvgIpc) is 3.58. The summed E-state index contributed by atoms with van der Waals surface area (Å²) in [6.45, 7) is 1.70. The number of halogens is 2. The Balaban J connectivity index is 1.51. The summed E-state index contributed by atoms with van der Waals surface area (Å²) in [5.74, 6) is -2.05. The van der Waals surface area contributed by atoms with E-state index in [4.69, 9.17) is 10.5 Å². The molecule has 188 valence electrons. The third-order valence-corrected chi connectivity index (χ3v) is 6.36. The van der Waals surface area contributed by atoms with Gasteiger partial charge in [-0.15, -0.1) is 0 Å². The number of hydrogen-bond donors (Lipinski definition) is 1. The van der Waals surface area contributed by atoms with E-state index < -0.39 is 28.9 Å². The summed E-state index contributed by atoms with van der Waals surface area (Å²) < 4.78 is 36.8.